The van der Waals surface area contributed by atoms with E-state index in [4.69, 9.17) is 5.73 Å². The van der Waals surface area contributed by atoms with Gasteiger partial charge in [0.05, 0.1) is 0 Å². The molecule has 1 atom stereocenters. The summed E-state index contributed by atoms with van der Waals surface area (Å²) >= 11 is 0. The SMILES string of the molecule is Cc1cc(NC(=O)C2CC2(C)C)c(C)cc1N. The normalized spacial score (nSPS) is 21.1. The Hall–Kier alpha value is -1.51. The van der Waals surface area contributed by atoms with Crippen LogP contribution in [0.2, 0.25) is 0 Å². The number of benzene rings is 1. The third-order valence-electron chi connectivity index (χ3n) is 3.70. The third kappa shape index (κ3) is 2.28. The highest BCUT2D eigenvalue weighted by atomic mass is 16.2. The number of nitrogens with two attached hydrogens (primary N) is 1. The summed E-state index contributed by atoms with van der Waals surface area (Å²) in [6.07, 6.45) is 0.978. The highest BCUT2D eigenvalue weighted by molar-refractivity contribution is 5.95. The number of hydrogen-bond acceptors (Lipinski definition) is 2. The molecule has 2 rings (SSSR count). The first kappa shape index (κ1) is 12.0. The maximum absolute atomic E-state index is 12.0. The van der Waals surface area contributed by atoms with Gasteiger partial charge in [-0.05, 0) is 48.9 Å². The third-order valence-corrected chi connectivity index (χ3v) is 3.70. The molecular weight excluding hydrogens is 212 g/mol. The molecule has 0 spiro atoms. The zero-order valence-corrected chi connectivity index (χ0v) is 10.9. The molecule has 0 heterocycles. The molecule has 1 unspecified atom stereocenters. The van der Waals surface area contributed by atoms with Gasteiger partial charge in [0, 0.05) is 17.3 Å². The van der Waals surface area contributed by atoms with Crippen LogP contribution in [-0.4, -0.2) is 5.91 Å². The lowest BCUT2D eigenvalue weighted by Gasteiger charge is -2.11. The Morgan fingerprint density at radius 2 is 1.94 bits per heavy atom. The van der Waals surface area contributed by atoms with E-state index in [9.17, 15) is 4.79 Å². The topological polar surface area (TPSA) is 55.1 Å². The summed E-state index contributed by atoms with van der Waals surface area (Å²) in [5, 5.41) is 3.00. The van der Waals surface area contributed by atoms with E-state index in [1.165, 1.54) is 0 Å². The van der Waals surface area contributed by atoms with E-state index in [-0.39, 0.29) is 17.2 Å². The van der Waals surface area contributed by atoms with Crippen molar-refractivity contribution in [2.24, 2.45) is 11.3 Å². The van der Waals surface area contributed by atoms with Crippen molar-refractivity contribution in [3.63, 3.8) is 0 Å². The number of aryl methyl sites for hydroxylation is 2. The van der Waals surface area contributed by atoms with Crippen LogP contribution in [-0.2, 0) is 4.79 Å². The van der Waals surface area contributed by atoms with E-state index in [1.54, 1.807) is 0 Å². The van der Waals surface area contributed by atoms with Gasteiger partial charge in [0.1, 0.15) is 0 Å². The van der Waals surface area contributed by atoms with E-state index in [0.29, 0.717) is 0 Å². The first-order valence-electron chi connectivity index (χ1n) is 5.99. The van der Waals surface area contributed by atoms with Crippen molar-refractivity contribution in [1.82, 2.24) is 0 Å². The number of amides is 1. The van der Waals surface area contributed by atoms with Gasteiger partial charge >= 0.3 is 0 Å². The van der Waals surface area contributed by atoms with Gasteiger partial charge in [0.15, 0.2) is 0 Å². The molecule has 1 aliphatic rings. The predicted molar refractivity (Wildman–Crippen MR) is 70.8 cm³/mol. The van der Waals surface area contributed by atoms with E-state index >= 15 is 0 Å². The molecule has 0 saturated heterocycles. The van der Waals surface area contributed by atoms with Crippen LogP contribution in [0.3, 0.4) is 0 Å². The van der Waals surface area contributed by atoms with E-state index in [1.807, 2.05) is 26.0 Å². The summed E-state index contributed by atoms with van der Waals surface area (Å²) in [4.78, 5) is 12.0. The number of carbonyl (C=O) groups excluding carboxylic acids is 1. The van der Waals surface area contributed by atoms with Gasteiger partial charge in [-0.2, -0.15) is 0 Å². The van der Waals surface area contributed by atoms with Crippen molar-refractivity contribution in [2.45, 2.75) is 34.1 Å². The summed E-state index contributed by atoms with van der Waals surface area (Å²) in [5.41, 5.74) is 9.65. The Morgan fingerprint density at radius 3 is 2.47 bits per heavy atom. The Balaban J connectivity index is 2.14. The number of nitrogen functional groups attached to an aromatic ring is 1. The quantitative estimate of drug-likeness (QED) is 0.770. The van der Waals surface area contributed by atoms with Gasteiger partial charge in [-0.1, -0.05) is 13.8 Å². The highest BCUT2D eigenvalue weighted by Gasteiger charge is 2.50. The largest absolute Gasteiger partial charge is 0.399 e. The van der Waals surface area contributed by atoms with Gasteiger partial charge in [-0.25, -0.2) is 0 Å². The molecule has 1 aromatic carbocycles. The maximum Gasteiger partial charge on any atom is 0.228 e. The number of hydrogen-bond donors (Lipinski definition) is 2. The second-order valence-corrected chi connectivity index (χ2v) is 5.76. The minimum atomic E-state index is 0.127. The van der Waals surface area contributed by atoms with Crippen LogP contribution in [0.15, 0.2) is 12.1 Å². The lowest BCUT2D eigenvalue weighted by Crippen LogP contribution is -2.17. The zero-order chi connectivity index (χ0) is 12.8. The monoisotopic (exact) mass is 232 g/mol. The van der Waals surface area contributed by atoms with Crippen molar-refractivity contribution in [3.05, 3.63) is 23.3 Å². The summed E-state index contributed by atoms with van der Waals surface area (Å²) in [6.45, 7) is 8.16. The smallest absolute Gasteiger partial charge is 0.228 e. The number of rotatable bonds is 2. The standard InChI is InChI=1S/C14H20N2O/c1-8-6-12(9(2)5-11(8)15)16-13(17)10-7-14(10,3)4/h5-6,10H,7,15H2,1-4H3,(H,16,17). The molecule has 3 N–H and O–H groups in total. The van der Waals surface area contributed by atoms with Crippen molar-refractivity contribution >= 4 is 17.3 Å². The Kier molecular flexibility index (Phi) is 2.64. The Labute approximate surface area is 102 Å². The molecule has 0 bridgehead atoms. The summed E-state index contributed by atoms with van der Waals surface area (Å²) in [5.74, 6) is 0.280. The Bertz CT molecular complexity index is 477. The molecule has 0 aromatic heterocycles. The minimum Gasteiger partial charge on any atom is -0.399 e. The molecule has 0 aliphatic heterocycles. The lowest BCUT2D eigenvalue weighted by atomic mass is 10.1. The Morgan fingerprint density at radius 1 is 1.35 bits per heavy atom. The minimum absolute atomic E-state index is 0.127. The summed E-state index contributed by atoms with van der Waals surface area (Å²) in [6, 6.07) is 3.85. The van der Waals surface area contributed by atoms with Crippen LogP contribution in [0, 0.1) is 25.2 Å². The number of anilines is 2. The van der Waals surface area contributed by atoms with Gasteiger partial charge in [-0.15, -0.1) is 0 Å². The maximum atomic E-state index is 12.0. The van der Waals surface area contributed by atoms with Gasteiger partial charge in [0.2, 0.25) is 5.91 Å². The number of nitrogens with one attached hydrogen (secondary N) is 1. The first-order chi connectivity index (χ1) is 7.81. The van der Waals surface area contributed by atoms with Crippen molar-refractivity contribution < 1.29 is 4.79 Å². The fourth-order valence-corrected chi connectivity index (χ4v) is 2.11. The molecule has 1 amide bonds. The second kappa shape index (κ2) is 3.76. The molecular formula is C14H20N2O. The average molecular weight is 232 g/mol. The number of carbonyl (C=O) groups is 1. The zero-order valence-electron chi connectivity index (χ0n) is 10.9. The van der Waals surface area contributed by atoms with Crippen LogP contribution < -0.4 is 11.1 Å². The van der Waals surface area contributed by atoms with Crippen molar-refractivity contribution in [3.8, 4) is 0 Å². The fourth-order valence-electron chi connectivity index (χ4n) is 2.11. The first-order valence-corrected chi connectivity index (χ1v) is 5.99. The van der Waals surface area contributed by atoms with E-state index in [0.717, 1.165) is 28.9 Å². The van der Waals surface area contributed by atoms with E-state index < -0.39 is 0 Å². The van der Waals surface area contributed by atoms with Crippen LogP contribution in [0.1, 0.15) is 31.4 Å². The molecule has 1 fully saturated rings. The van der Waals surface area contributed by atoms with Gasteiger partial charge < -0.3 is 11.1 Å². The molecule has 1 saturated carbocycles. The average Bonchev–Trinajstić information content (AvgIpc) is 2.84. The summed E-state index contributed by atoms with van der Waals surface area (Å²) < 4.78 is 0. The highest BCUT2D eigenvalue weighted by Crippen LogP contribution is 2.52. The van der Waals surface area contributed by atoms with Crippen LogP contribution in [0.25, 0.3) is 0 Å². The second-order valence-electron chi connectivity index (χ2n) is 5.76. The molecule has 3 nitrogen and oxygen atoms in total. The van der Waals surface area contributed by atoms with Gasteiger partial charge in [-0.3, -0.25) is 4.79 Å². The molecule has 1 aliphatic carbocycles. The van der Waals surface area contributed by atoms with Crippen LogP contribution in [0.5, 0.6) is 0 Å². The molecule has 17 heavy (non-hydrogen) atoms. The molecule has 92 valence electrons. The van der Waals surface area contributed by atoms with Crippen molar-refractivity contribution in [2.75, 3.05) is 11.1 Å². The lowest BCUT2D eigenvalue weighted by molar-refractivity contribution is -0.118. The molecule has 1 aromatic rings. The van der Waals surface area contributed by atoms with Crippen LogP contribution in [0.4, 0.5) is 11.4 Å². The van der Waals surface area contributed by atoms with E-state index in [2.05, 4.69) is 19.2 Å². The molecule has 0 radical (unpaired) electrons. The van der Waals surface area contributed by atoms with Crippen LogP contribution >= 0.6 is 0 Å². The molecule has 3 heteroatoms. The fraction of sp³-hybridized carbons (Fsp3) is 0.500. The van der Waals surface area contributed by atoms with Gasteiger partial charge in [0.25, 0.3) is 0 Å². The predicted octanol–water partition coefficient (Wildman–Crippen LogP) is 2.87. The van der Waals surface area contributed by atoms with Crippen molar-refractivity contribution in [1.29, 1.82) is 0 Å². The summed E-state index contributed by atoms with van der Waals surface area (Å²) in [7, 11) is 0.